The van der Waals surface area contributed by atoms with Crippen LogP contribution >= 0.6 is 0 Å². The highest BCUT2D eigenvalue weighted by Gasteiger charge is 2.44. The van der Waals surface area contributed by atoms with Crippen molar-refractivity contribution in [2.45, 2.75) is 56.4 Å². The van der Waals surface area contributed by atoms with E-state index in [1.165, 1.54) is 12.1 Å². The molecule has 0 aliphatic heterocycles. The van der Waals surface area contributed by atoms with Crippen molar-refractivity contribution in [3.05, 3.63) is 35.6 Å². The number of amides is 1. The van der Waals surface area contributed by atoms with E-state index in [0.717, 1.165) is 44.1 Å². The second kappa shape index (κ2) is 6.37. The van der Waals surface area contributed by atoms with Crippen molar-refractivity contribution in [1.82, 2.24) is 5.32 Å². The molecular formula is C18H24FNO2. The van der Waals surface area contributed by atoms with E-state index in [-0.39, 0.29) is 24.4 Å². The normalized spacial score (nSPS) is 21.5. The maximum atomic E-state index is 13.2. The second-order valence-corrected chi connectivity index (χ2v) is 6.73. The third-order valence-electron chi connectivity index (χ3n) is 5.24. The first-order valence-electron chi connectivity index (χ1n) is 8.33. The summed E-state index contributed by atoms with van der Waals surface area (Å²) in [6, 6.07) is 6.45. The summed E-state index contributed by atoms with van der Waals surface area (Å²) in [6.07, 6.45) is 6.58. The van der Waals surface area contributed by atoms with Crippen LogP contribution in [0.4, 0.5) is 4.39 Å². The minimum Gasteiger partial charge on any atom is -0.396 e. The maximum absolute atomic E-state index is 13.2. The first-order chi connectivity index (χ1) is 10.7. The zero-order valence-corrected chi connectivity index (χ0v) is 12.9. The van der Waals surface area contributed by atoms with E-state index in [9.17, 15) is 14.3 Å². The molecule has 2 saturated carbocycles. The van der Waals surface area contributed by atoms with E-state index in [1.807, 2.05) is 0 Å². The van der Waals surface area contributed by atoms with E-state index in [2.05, 4.69) is 5.32 Å². The Balaban J connectivity index is 1.80. The third-order valence-corrected chi connectivity index (χ3v) is 5.24. The Morgan fingerprint density at radius 3 is 2.45 bits per heavy atom. The number of carbonyl (C=O) groups excluding carboxylic acids is 1. The lowest BCUT2D eigenvalue weighted by atomic mass is 9.77. The average Bonchev–Trinajstić information content (AvgIpc) is 3.24. The van der Waals surface area contributed by atoms with Crippen LogP contribution in [-0.4, -0.2) is 23.7 Å². The largest absolute Gasteiger partial charge is 0.396 e. The molecule has 1 aromatic carbocycles. The van der Waals surface area contributed by atoms with Gasteiger partial charge in [0.2, 0.25) is 5.91 Å². The molecule has 0 bridgehead atoms. The molecule has 120 valence electrons. The van der Waals surface area contributed by atoms with Crippen LogP contribution in [0.1, 0.15) is 50.5 Å². The van der Waals surface area contributed by atoms with Crippen LogP contribution in [0.15, 0.2) is 24.3 Å². The molecule has 0 aromatic heterocycles. The van der Waals surface area contributed by atoms with Crippen molar-refractivity contribution in [3.8, 4) is 0 Å². The smallest absolute Gasteiger partial charge is 0.230 e. The van der Waals surface area contributed by atoms with Gasteiger partial charge >= 0.3 is 0 Å². The van der Waals surface area contributed by atoms with E-state index in [4.69, 9.17) is 0 Å². The van der Waals surface area contributed by atoms with Crippen molar-refractivity contribution < 1.29 is 14.3 Å². The number of rotatable bonds is 6. The van der Waals surface area contributed by atoms with E-state index in [0.29, 0.717) is 12.3 Å². The summed E-state index contributed by atoms with van der Waals surface area (Å²) in [4.78, 5) is 13.0. The van der Waals surface area contributed by atoms with Gasteiger partial charge in [0.1, 0.15) is 5.82 Å². The molecule has 4 heteroatoms. The molecule has 3 nitrogen and oxygen atoms in total. The number of aliphatic hydroxyl groups is 1. The predicted molar refractivity (Wildman–Crippen MR) is 82.9 cm³/mol. The van der Waals surface area contributed by atoms with E-state index in [1.54, 1.807) is 12.1 Å². The molecule has 1 aromatic rings. The van der Waals surface area contributed by atoms with Crippen LogP contribution in [0, 0.1) is 11.7 Å². The Kier molecular flexibility index (Phi) is 4.48. The number of hydrogen-bond donors (Lipinski definition) is 2. The lowest BCUT2D eigenvalue weighted by Crippen LogP contribution is -2.48. The van der Waals surface area contributed by atoms with Crippen LogP contribution in [0.2, 0.25) is 0 Å². The number of hydrogen-bond acceptors (Lipinski definition) is 2. The van der Waals surface area contributed by atoms with Crippen LogP contribution < -0.4 is 5.32 Å². The zero-order valence-electron chi connectivity index (χ0n) is 12.9. The summed E-state index contributed by atoms with van der Waals surface area (Å²) in [7, 11) is 0. The lowest BCUT2D eigenvalue weighted by molar-refractivity contribution is -0.127. The van der Waals surface area contributed by atoms with Gasteiger partial charge in [0.15, 0.2) is 0 Å². The highest BCUT2D eigenvalue weighted by atomic mass is 19.1. The molecule has 0 radical (unpaired) electrons. The number of nitrogens with one attached hydrogen (secondary N) is 1. The van der Waals surface area contributed by atoms with Gasteiger partial charge in [0.25, 0.3) is 0 Å². The molecule has 0 heterocycles. The highest BCUT2D eigenvalue weighted by molar-refractivity contribution is 5.88. The van der Waals surface area contributed by atoms with Crippen LogP contribution in [0.25, 0.3) is 0 Å². The van der Waals surface area contributed by atoms with Gasteiger partial charge in [-0.25, -0.2) is 4.39 Å². The van der Waals surface area contributed by atoms with Gasteiger partial charge < -0.3 is 10.4 Å². The van der Waals surface area contributed by atoms with E-state index < -0.39 is 5.41 Å². The molecule has 2 aliphatic rings. The molecule has 1 atom stereocenters. The number of benzene rings is 1. The molecule has 1 amide bonds. The van der Waals surface area contributed by atoms with Crippen molar-refractivity contribution in [1.29, 1.82) is 0 Å². The molecule has 2 N–H and O–H groups in total. The van der Waals surface area contributed by atoms with Gasteiger partial charge in [-0.05, 0) is 55.7 Å². The number of halogens is 1. The zero-order chi connectivity index (χ0) is 15.6. The van der Waals surface area contributed by atoms with Gasteiger partial charge in [-0.3, -0.25) is 4.79 Å². The summed E-state index contributed by atoms with van der Waals surface area (Å²) in [5, 5.41) is 12.4. The summed E-state index contributed by atoms with van der Waals surface area (Å²) in [6.45, 7) is 0.102. The van der Waals surface area contributed by atoms with Gasteiger partial charge in [-0.1, -0.05) is 25.0 Å². The van der Waals surface area contributed by atoms with Gasteiger partial charge in [0.05, 0.1) is 5.41 Å². The second-order valence-electron chi connectivity index (χ2n) is 6.73. The van der Waals surface area contributed by atoms with Crippen molar-refractivity contribution >= 4 is 5.91 Å². The third kappa shape index (κ3) is 3.02. The fourth-order valence-electron chi connectivity index (χ4n) is 3.76. The highest BCUT2D eigenvalue weighted by Crippen LogP contribution is 2.42. The van der Waals surface area contributed by atoms with E-state index >= 15 is 0 Å². The molecule has 1 unspecified atom stereocenters. The Morgan fingerprint density at radius 2 is 1.91 bits per heavy atom. The Hall–Kier alpha value is -1.42. The lowest BCUT2D eigenvalue weighted by Gasteiger charge is -2.31. The van der Waals surface area contributed by atoms with Crippen molar-refractivity contribution in [3.63, 3.8) is 0 Å². The number of carbonyl (C=O) groups is 1. The molecule has 22 heavy (non-hydrogen) atoms. The first kappa shape index (κ1) is 15.5. The predicted octanol–water partition coefficient (Wildman–Crippen LogP) is 2.91. The molecule has 2 fully saturated rings. The standard InChI is InChI=1S/C18H24FNO2/c19-15-7-5-14(6-8-15)18(10-1-2-11-18)17(22)20-16(9-12-21)13-3-4-13/h5-8,13,16,21H,1-4,9-12H2,(H,20,22). The molecule has 3 rings (SSSR count). The van der Waals surface area contributed by atoms with Crippen LogP contribution in [0.5, 0.6) is 0 Å². The maximum Gasteiger partial charge on any atom is 0.230 e. The fourth-order valence-corrected chi connectivity index (χ4v) is 3.76. The average molecular weight is 305 g/mol. The number of aliphatic hydroxyl groups excluding tert-OH is 1. The molecule has 2 aliphatic carbocycles. The van der Waals surface area contributed by atoms with Crippen molar-refractivity contribution in [2.75, 3.05) is 6.61 Å². The first-order valence-corrected chi connectivity index (χ1v) is 8.33. The Morgan fingerprint density at radius 1 is 1.27 bits per heavy atom. The SMILES string of the molecule is O=C(NC(CCO)C1CC1)C1(c2ccc(F)cc2)CCCC1. The van der Waals surface area contributed by atoms with Crippen LogP contribution in [0.3, 0.4) is 0 Å². The molecule has 0 saturated heterocycles. The summed E-state index contributed by atoms with van der Waals surface area (Å²) in [5.41, 5.74) is 0.401. The summed E-state index contributed by atoms with van der Waals surface area (Å²) < 4.78 is 13.2. The summed E-state index contributed by atoms with van der Waals surface area (Å²) in [5.74, 6) is 0.304. The summed E-state index contributed by atoms with van der Waals surface area (Å²) >= 11 is 0. The van der Waals surface area contributed by atoms with Crippen molar-refractivity contribution in [2.24, 2.45) is 5.92 Å². The minimum atomic E-state index is -0.518. The van der Waals surface area contributed by atoms with Gasteiger partial charge in [-0.2, -0.15) is 0 Å². The monoisotopic (exact) mass is 305 g/mol. The molecular weight excluding hydrogens is 281 g/mol. The topological polar surface area (TPSA) is 49.3 Å². The Labute approximate surface area is 130 Å². The van der Waals surface area contributed by atoms with Gasteiger partial charge in [-0.15, -0.1) is 0 Å². The van der Waals surface area contributed by atoms with Gasteiger partial charge in [0, 0.05) is 12.6 Å². The van der Waals surface area contributed by atoms with Crippen LogP contribution in [-0.2, 0) is 10.2 Å². The Bertz CT molecular complexity index is 518. The fraction of sp³-hybridized carbons (Fsp3) is 0.611. The minimum absolute atomic E-state index is 0.0574. The quantitative estimate of drug-likeness (QED) is 0.849. The molecule has 0 spiro atoms.